The summed E-state index contributed by atoms with van der Waals surface area (Å²) in [7, 11) is 1.68. The number of ether oxygens (including phenoxy) is 1. The van der Waals surface area contributed by atoms with Crippen LogP contribution in [0.4, 0.5) is 5.69 Å². The van der Waals surface area contributed by atoms with Crippen LogP contribution >= 0.6 is 0 Å². The number of carbonyl (C=O) groups excluding carboxylic acids is 1. The lowest BCUT2D eigenvalue weighted by molar-refractivity contribution is -0.121. The van der Waals surface area contributed by atoms with Crippen molar-refractivity contribution in [1.82, 2.24) is 24.4 Å². The molecule has 1 aliphatic rings. The summed E-state index contributed by atoms with van der Waals surface area (Å²) in [6.07, 6.45) is 0.898. The molecule has 9 heteroatoms. The first-order valence-electron chi connectivity index (χ1n) is 12.4. The number of anilines is 1. The van der Waals surface area contributed by atoms with Crippen molar-refractivity contribution >= 4 is 28.1 Å². The molecule has 0 spiro atoms. The number of piperazine rings is 1. The van der Waals surface area contributed by atoms with Crippen molar-refractivity contribution in [3.05, 3.63) is 70.6 Å². The number of carbonyl (C=O) groups is 1. The van der Waals surface area contributed by atoms with Gasteiger partial charge in [-0.1, -0.05) is 12.1 Å². The fourth-order valence-electron chi connectivity index (χ4n) is 4.97. The number of hydrogen-bond donors (Lipinski definition) is 1. The Morgan fingerprint density at radius 3 is 2.56 bits per heavy atom. The van der Waals surface area contributed by atoms with Crippen molar-refractivity contribution in [1.29, 1.82) is 0 Å². The predicted octanol–water partition coefficient (Wildman–Crippen LogP) is 2.29. The van der Waals surface area contributed by atoms with E-state index >= 15 is 0 Å². The van der Waals surface area contributed by atoms with Crippen molar-refractivity contribution in [2.75, 3.05) is 51.3 Å². The molecule has 0 bridgehead atoms. The van der Waals surface area contributed by atoms with Crippen molar-refractivity contribution in [2.45, 2.75) is 19.9 Å². The average molecular weight is 489 g/mol. The largest absolute Gasteiger partial charge is 0.497 e. The Bertz CT molecular complexity index is 1420. The van der Waals surface area contributed by atoms with Crippen LogP contribution in [0, 0.1) is 6.92 Å². The Labute approximate surface area is 209 Å². The van der Waals surface area contributed by atoms with Crippen LogP contribution in [0.5, 0.6) is 5.75 Å². The molecule has 3 heterocycles. The SMILES string of the molecule is COc1ccc(N2CCN(CCCNC(=O)Cn3c4ccccc4c4nc(=O)cc(C)n43)CC2)cc1. The molecule has 0 atom stereocenters. The van der Waals surface area contributed by atoms with Gasteiger partial charge in [0.2, 0.25) is 5.91 Å². The van der Waals surface area contributed by atoms with E-state index in [0.29, 0.717) is 12.2 Å². The van der Waals surface area contributed by atoms with Crippen LogP contribution in [0.3, 0.4) is 0 Å². The van der Waals surface area contributed by atoms with Gasteiger partial charge in [-0.15, -0.1) is 0 Å². The lowest BCUT2D eigenvalue weighted by Crippen LogP contribution is -2.47. The molecule has 2 aromatic heterocycles. The Morgan fingerprint density at radius 1 is 1.06 bits per heavy atom. The maximum atomic E-state index is 12.8. The molecule has 0 saturated carbocycles. The third kappa shape index (κ3) is 4.92. The number of aromatic nitrogens is 3. The maximum Gasteiger partial charge on any atom is 0.273 e. The molecular formula is C27H32N6O3. The molecule has 0 unspecified atom stereocenters. The minimum atomic E-state index is -0.273. The quantitative estimate of drug-likeness (QED) is 0.383. The zero-order valence-corrected chi connectivity index (χ0v) is 20.8. The van der Waals surface area contributed by atoms with E-state index in [-0.39, 0.29) is 18.0 Å². The van der Waals surface area contributed by atoms with Gasteiger partial charge < -0.3 is 15.0 Å². The van der Waals surface area contributed by atoms with Crippen LogP contribution in [-0.2, 0) is 11.3 Å². The molecule has 188 valence electrons. The maximum absolute atomic E-state index is 12.8. The number of nitrogens with one attached hydrogen (secondary N) is 1. The smallest absolute Gasteiger partial charge is 0.273 e. The minimum Gasteiger partial charge on any atom is -0.497 e. The average Bonchev–Trinajstić information content (AvgIpc) is 3.20. The second-order valence-corrected chi connectivity index (χ2v) is 9.18. The second-order valence-electron chi connectivity index (χ2n) is 9.18. The van der Waals surface area contributed by atoms with Gasteiger partial charge in [0.15, 0.2) is 5.65 Å². The van der Waals surface area contributed by atoms with E-state index < -0.39 is 0 Å². The fourth-order valence-corrected chi connectivity index (χ4v) is 4.97. The van der Waals surface area contributed by atoms with Gasteiger partial charge in [0.05, 0.1) is 12.6 Å². The number of nitrogens with zero attached hydrogens (tertiary/aromatic N) is 5. The van der Waals surface area contributed by atoms with Crippen LogP contribution in [0.15, 0.2) is 59.4 Å². The van der Waals surface area contributed by atoms with Gasteiger partial charge in [-0.05, 0) is 56.3 Å². The highest BCUT2D eigenvalue weighted by molar-refractivity contribution is 5.93. The highest BCUT2D eigenvalue weighted by Gasteiger charge is 2.18. The van der Waals surface area contributed by atoms with Gasteiger partial charge in [0, 0.05) is 55.6 Å². The van der Waals surface area contributed by atoms with Crippen LogP contribution in [-0.4, -0.2) is 71.4 Å². The molecule has 1 aliphatic heterocycles. The van der Waals surface area contributed by atoms with Crippen molar-refractivity contribution in [3.63, 3.8) is 0 Å². The van der Waals surface area contributed by atoms with Crippen LogP contribution in [0.25, 0.3) is 16.6 Å². The third-order valence-corrected chi connectivity index (χ3v) is 6.82. The summed E-state index contributed by atoms with van der Waals surface area (Å²) in [6, 6.07) is 17.4. The van der Waals surface area contributed by atoms with E-state index in [1.54, 1.807) is 7.11 Å². The monoisotopic (exact) mass is 488 g/mol. The first kappa shape index (κ1) is 23.9. The van der Waals surface area contributed by atoms with Gasteiger partial charge in [0.1, 0.15) is 12.3 Å². The second kappa shape index (κ2) is 10.4. The number of fused-ring (bicyclic) bond motifs is 3. The summed E-state index contributed by atoms with van der Waals surface area (Å²) in [5.41, 5.74) is 3.16. The van der Waals surface area contributed by atoms with E-state index in [1.165, 1.54) is 11.8 Å². The van der Waals surface area contributed by atoms with Gasteiger partial charge in [-0.3, -0.25) is 19.2 Å². The number of amides is 1. The molecule has 1 N–H and O–H groups in total. The number of methoxy groups -OCH3 is 1. The molecular weight excluding hydrogens is 456 g/mol. The molecule has 4 aromatic rings. The molecule has 2 aromatic carbocycles. The lowest BCUT2D eigenvalue weighted by atomic mass is 10.2. The van der Waals surface area contributed by atoms with Gasteiger partial charge >= 0.3 is 0 Å². The highest BCUT2D eigenvalue weighted by Crippen LogP contribution is 2.22. The number of benzene rings is 2. The zero-order valence-electron chi connectivity index (χ0n) is 20.8. The van der Waals surface area contributed by atoms with Crippen molar-refractivity contribution in [2.24, 2.45) is 0 Å². The van der Waals surface area contributed by atoms with Gasteiger partial charge in [-0.2, -0.15) is 4.98 Å². The van der Waals surface area contributed by atoms with Crippen LogP contribution in [0.1, 0.15) is 12.1 Å². The zero-order chi connectivity index (χ0) is 25.1. The van der Waals surface area contributed by atoms with Gasteiger partial charge in [0.25, 0.3) is 5.56 Å². The number of hydrogen-bond acceptors (Lipinski definition) is 6. The summed E-state index contributed by atoms with van der Waals surface area (Å²) in [4.78, 5) is 33.8. The van der Waals surface area contributed by atoms with E-state index in [2.05, 4.69) is 32.2 Å². The van der Waals surface area contributed by atoms with E-state index in [4.69, 9.17) is 4.74 Å². The summed E-state index contributed by atoms with van der Waals surface area (Å²) in [5.74, 6) is 0.819. The van der Waals surface area contributed by atoms with E-state index in [1.807, 2.05) is 52.5 Å². The topological polar surface area (TPSA) is 84.1 Å². The third-order valence-electron chi connectivity index (χ3n) is 6.82. The standard InChI is InChI=1S/C27H32N6O3/c1-20-18-25(34)29-27-23-6-3-4-7-24(23)32(33(20)27)19-26(35)28-12-5-13-30-14-16-31(17-15-30)21-8-10-22(36-2)11-9-21/h3-4,6-11,18H,5,12-17,19H2,1-2H3,(H,28,35). The lowest BCUT2D eigenvalue weighted by Gasteiger charge is -2.36. The predicted molar refractivity (Wildman–Crippen MR) is 141 cm³/mol. The Kier molecular flexibility index (Phi) is 6.90. The molecule has 0 radical (unpaired) electrons. The molecule has 1 fully saturated rings. The van der Waals surface area contributed by atoms with Crippen molar-refractivity contribution in [3.8, 4) is 5.75 Å². The first-order valence-corrected chi connectivity index (χ1v) is 12.4. The summed E-state index contributed by atoms with van der Waals surface area (Å²) in [6.45, 7) is 7.59. The Morgan fingerprint density at radius 2 is 1.81 bits per heavy atom. The first-order chi connectivity index (χ1) is 17.5. The molecule has 1 amide bonds. The minimum absolute atomic E-state index is 0.0555. The summed E-state index contributed by atoms with van der Waals surface area (Å²) < 4.78 is 8.99. The Balaban J connectivity index is 1.12. The van der Waals surface area contributed by atoms with Crippen LogP contribution in [0.2, 0.25) is 0 Å². The summed E-state index contributed by atoms with van der Waals surface area (Å²) >= 11 is 0. The molecule has 9 nitrogen and oxygen atoms in total. The normalized spacial score (nSPS) is 14.4. The van der Waals surface area contributed by atoms with E-state index in [9.17, 15) is 9.59 Å². The Hall–Kier alpha value is -3.85. The fraction of sp³-hybridized carbons (Fsp3) is 0.370. The van der Waals surface area contributed by atoms with Crippen LogP contribution < -0.4 is 20.5 Å². The van der Waals surface area contributed by atoms with Crippen molar-refractivity contribution < 1.29 is 9.53 Å². The number of rotatable bonds is 8. The molecule has 1 saturated heterocycles. The number of aryl methyl sites for hydroxylation is 1. The highest BCUT2D eigenvalue weighted by atomic mass is 16.5. The molecule has 5 rings (SSSR count). The van der Waals surface area contributed by atoms with Gasteiger partial charge in [-0.25, -0.2) is 4.52 Å². The molecule has 36 heavy (non-hydrogen) atoms. The summed E-state index contributed by atoms with van der Waals surface area (Å²) in [5, 5.41) is 3.92. The number of para-hydroxylation sites is 1. The molecule has 0 aliphatic carbocycles. The van der Waals surface area contributed by atoms with E-state index in [0.717, 1.165) is 61.5 Å².